The molecule has 1 atom stereocenters. The molecule has 0 spiro atoms. The van der Waals surface area contributed by atoms with Crippen LogP contribution < -0.4 is 15.8 Å². The zero-order chi connectivity index (χ0) is 13.8. The third kappa shape index (κ3) is 3.47. The lowest BCUT2D eigenvalue weighted by Crippen LogP contribution is -2.45. The Hall–Kier alpha value is -1.55. The lowest BCUT2D eigenvalue weighted by Gasteiger charge is -2.18. The second-order valence-corrected chi connectivity index (χ2v) is 5.37. The summed E-state index contributed by atoms with van der Waals surface area (Å²) in [6.45, 7) is 5.53. The van der Waals surface area contributed by atoms with Crippen molar-refractivity contribution in [2.24, 2.45) is 11.7 Å². The van der Waals surface area contributed by atoms with Crippen LogP contribution in [0.1, 0.15) is 25.0 Å². The highest BCUT2D eigenvalue weighted by atomic mass is 16.5. The smallest absolute Gasteiger partial charge is 0.234 e. The van der Waals surface area contributed by atoms with E-state index in [1.165, 1.54) is 11.1 Å². The molecule has 2 rings (SSSR count). The fourth-order valence-corrected chi connectivity index (χ4v) is 2.43. The van der Waals surface area contributed by atoms with Gasteiger partial charge in [0.05, 0.1) is 12.6 Å². The zero-order valence-corrected chi connectivity index (χ0v) is 11.6. The van der Waals surface area contributed by atoms with E-state index in [2.05, 4.69) is 17.4 Å². The third-order valence-electron chi connectivity index (χ3n) is 3.50. The molecule has 19 heavy (non-hydrogen) atoms. The molecule has 0 saturated heterocycles. The molecule has 104 valence electrons. The summed E-state index contributed by atoms with van der Waals surface area (Å²) in [4.78, 5) is 11.3. The van der Waals surface area contributed by atoms with Gasteiger partial charge in [-0.25, -0.2) is 0 Å². The summed E-state index contributed by atoms with van der Waals surface area (Å²) in [7, 11) is 0. The van der Waals surface area contributed by atoms with Gasteiger partial charge in [-0.2, -0.15) is 0 Å². The Bertz CT molecular complexity index is 457. The van der Waals surface area contributed by atoms with Crippen LogP contribution in [0, 0.1) is 5.92 Å². The fraction of sp³-hybridized carbons (Fsp3) is 0.533. The van der Waals surface area contributed by atoms with Crippen molar-refractivity contribution < 1.29 is 9.53 Å². The van der Waals surface area contributed by atoms with Crippen molar-refractivity contribution in [3.63, 3.8) is 0 Å². The monoisotopic (exact) mass is 262 g/mol. The van der Waals surface area contributed by atoms with Crippen LogP contribution in [0.2, 0.25) is 0 Å². The molecule has 0 aromatic heterocycles. The first kappa shape index (κ1) is 13.9. The highest BCUT2D eigenvalue weighted by Crippen LogP contribution is 2.25. The number of carbonyl (C=O) groups excluding carboxylic acids is 1. The number of amides is 1. The largest absolute Gasteiger partial charge is 0.493 e. The van der Waals surface area contributed by atoms with E-state index < -0.39 is 0 Å². The van der Waals surface area contributed by atoms with Gasteiger partial charge in [0.15, 0.2) is 0 Å². The van der Waals surface area contributed by atoms with Gasteiger partial charge in [0, 0.05) is 6.42 Å². The Morgan fingerprint density at radius 3 is 2.95 bits per heavy atom. The normalized spacial score (nSPS) is 15.1. The molecule has 0 saturated carbocycles. The molecule has 1 aromatic rings. The maximum absolute atomic E-state index is 11.3. The van der Waals surface area contributed by atoms with Crippen LogP contribution in [0.15, 0.2) is 18.2 Å². The van der Waals surface area contributed by atoms with Crippen LogP contribution in [-0.4, -0.2) is 25.1 Å². The fourth-order valence-electron chi connectivity index (χ4n) is 2.43. The predicted octanol–water partition coefficient (Wildman–Crippen LogP) is 1.26. The number of primary amides is 1. The highest BCUT2D eigenvalue weighted by molar-refractivity contribution is 5.80. The number of hydrogen-bond donors (Lipinski definition) is 2. The van der Waals surface area contributed by atoms with Crippen molar-refractivity contribution in [2.75, 3.05) is 13.2 Å². The molecule has 3 N–H and O–H groups in total. The van der Waals surface area contributed by atoms with Crippen molar-refractivity contribution in [2.45, 2.75) is 32.7 Å². The van der Waals surface area contributed by atoms with Crippen molar-refractivity contribution in [3.8, 4) is 5.75 Å². The number of rotatable bonds is 6. The first-order valence-electron chi connectivity index (χ1n) is 6.85. The first-order chi connectivity index (χ1) is 9.08. The lowest BCUT2D eigenvalue weighted by molar-refractivity contribution is -0.120. The second kappa shape index (κ2) is 6.06. The van der Waals surface area contributed by atoms with E-state index in [4.69, 9.17) is 10.5 Å². The molecular formula is C15H22N2O2. The SMILES string of the molecule is CC(C)C(NCCc1ccc2c(c1)CCO2)C(N)=O. The Balaban J connectivity index is 1.87. The van der Waals surface area contributed by atoms with Gasteiger partial charge in [0.1, 0.15) is 5.75 Å². The number of ether oxygens (including phenoxy) is 1. The van der Waals surface area contributed by atoms with Crippen LogP contribution in [0.4, 0.5) is 0 Å². The Morgan fingerprint density at radius 2 is 2.26 bits per heavy atom. The minimum Gasteiger partial charge on any atom is -0.493 e. The summed E-state index contributed by atoms with van der Waals surface area (Å²) in [5, 5.41) is 3.23. The maximum atomic E-state index is 11.3. The molecule has 1 heterocycles. The minimum atomic E-state index is -0.280. The Kier molecular flexibility index (Phi) is 4.43. The van der Waals surface area contributed by atoms with Gasteiger partial charge in [-0.3, -0.25) is 4.79 Å². The lowest BCUT2D eigenvalue weighted by atomic mass is 10.0. The number of hydrogen-bond acceptors (Lipinski definition) is 3. The number of nitrogens with two attached hydrogens (primary N) is 1. The van der Waals surface area contributed by atoms with Crippen LogP contribution in [0.25, 0.3) is 0 Å². The van der Waals surface area contributed by atoms with Crippen molar-refractivity contribution in [1.29, 1.82) is 0 Å². The highest BCUT2D eigenvalue weighted by Gasteiger charge is 2.18. The molecule has 0 radical (unpaired) electrons. The van der Waals surface area contributed by atoms with E-state index in [-0.39, 0.29) is 17.9 Å². The standard InChI is InChI=1S/C15H22N2O2/c1-10(2)14(15(16)18)17-7-5-11-3-4-13-12(9-11)6-8-19-13/h3-4,9-10,14,17H,5-8H2,1-2H3,(H2,16,18). The number of benzene rings is 1. The van der Waals surface area contributed by atoms with Gasteiger partial charge in [0.25, 0.3) is 0 Å². The number of carbonyl (C=O) groups is 1. The number of fused-ring (bicyclic) bond motifs is 1. The van der Waals surface area contributed by atoms with E-state index in [0.29, 0.717) is 0 Å². The molecule has 4 nitrogen and oxygen atoms in total. The summed E-state index contributed by atoms with van der Waals surface area (Å²) < 4.78 is 5.48. The van der Waals surface area contributed by atoms with E-state index in [1.807, 2.05) is 19.9 Å². The van der Waals surface area contributed by atoms with Crippen LogP contribution in [0.3, 0.4) is 0 Å². The van der Waals surface area contributed by atoms with Gasteiger partial charge in [-0.05, 0) is 36.1 Å². The summed E-state index contributed by atoms with van der Waals surface area (Å²) >= 11 is 0. The van der Waals surface area contributed by atoms with E-state index >= 15 is 0 Å². The summed E-state index contributed by atoms with van der Waals surface area (Å²) in [6.07, 6.45) is 1.89. The molecule has 1 aromatic carbocycles. The van der Waals surface area contributed by atoms with Gasteiger partial charge < -0.3 is 15.8 Å². The average molecular weight is 262 g/mol. The van der Waals surface area contributed by atoms with Gasteiger partial charge in [-0.15, -0.1) is 0 Å². The zero-order valence-electron chi connectivity index (χ0n) is 11.6. The Morgan fingerprint density at radius 1 is 1.47 bits per heavy atom. The molecule has 4 heteroatoms. The van der Waals surface area contributed by atoms with Crippen LogP contribution in [-0.2, 0) is 17.6 Å². The summed E-state index contributed by atoms with van der Waals surface area (Å²) in [5.74, 6) is 0.942. The molecule has 1 aliphatic heterocycles. The first-order valence-corrected chi connectivity index (χ1v) is 6.85. The van der Waals surface area contributed by atoms with Crippen LogP contribution in [0.5, 0.6) is 5.75 Å². The topological polar surface area (TPSA) is 64.3 Å². The predicted molar refractivity (Wildman–Crippen MR) is 75.2 cm³/mol. The summed E-state index contributed by atoms with van der Waals surface area (Å²) in [6, 6.07) is 6.06. The van der Waals surface area contributed by atoms with Crippen molar-refractivity contribution >= 4 is 5.91 Å². The number of nitrogens with one attached hydrogen (secondary N) is 1. The van der Waals surface area contributed by atoms with E-state index in [1.54, 1.807) is 0 Å². The van der Waals surface area contributed by atoms with Gasteiger partial charge in [0.2, 0.25) is 5.91 Å². The molecule has 0 bridgehead atoms. The third-order valence-corrected chi connectivity index (χ3v) is 3.50. The quantitative estimate of drug-likeness (QED) is 0.811. The van der Waals surface area contributed by atoms with E-state index in [0.717, 1.165) is 31.7 Å². The molecule has 1 amide bonds. The van der Waals surface area contributed by atoms with Gasteiger partial charge in [-0.1, -0.05) is 26.0 Å². The molecule has 1 aliphatic rings. The molecular weight excluding hydrogens is 240 g/mol. The summed E-state index contributed by atoms with van der Waals surface area (Å²) in [5.41, 5.74) is 7.93. The molecule has 0 fully saturated rings. The van der Waals surface area contributed by atoms with Gasteiger partial charge >= 0.3 is 0 Å². The molecule has 1 unspecified atom stereocenters. The minimum absolute atomic E-state index is 0.214. The maximum Gasteiger partial charge on any atom is 0.234 e. The van der Waals surface area contributed by atoms with Crippen molar-refractivity contribution in [1.82, 2.24) is 5.32 Å². The molecule has 0 aliphatic carbocycles. The van der Waals surface area contributed by atoms with Crippen molar-refractivity contribution in [3.05, 3.63) is 29.3 Å². The van der Waals surface area contributed by atoms with E-state index in [9.17, 15) is 4.79 Å². The Labute approximate surface area is 114 Å². The second-order valence-electron chi connectivity index (χ2n) is 5.37. The average Bonchev–Trinajstić information content (AvgIpc) is 2.80. The van der Waals surface area contributed by atoms with Crippen LogP contribution >= 0.6 is 0 Å².